The molecule has 0 bridgehead atoms. The van der Waals surface area contributed by atoms with Crippen molar-refractivity contribution in [1.29, 1.82) is 0 Å². The first-order valence-corrected chi connectivity index (χ1v) is 7.32. The summed E-state index contributed by atoms with van der Waals surface area (Å²) >= 11 is 0. The lowest BCUT2D eigenvalue weighted by Gasteiger charge is -2.30. The number of ether oxygens (including phenoxy) is 2. The maximum Gasteiger partial charge on any atom is 0.328 e. The van der Waals surface area contributed by atoms with Gasteiger partial charge in [0.25, 0.3) is 0 Å². The number of esters is 2. The molecule has 21 heavy (non-hydrogen) atoms. The molecular weight excluding hydrogens is 268 g/mol. The van der Waals surface area contributed by atoms with Crippen LogP contribution in [0.2, 0.25) is 0 Å². The lowest BCUT2D eigenvalue weighted by molar-refractivity contribution is -0.170. The Morgan fingerprint density at radius 3 is 1.71 bits per heavy atom. The maximum atomic E-state index is 12.6. The molecule has 0 aliphatic rings. The average molecular weight is 292 g/mol. The zero-order valence-corrected chi connectivity index (χ0v) is 13.4. The topological polar surface area (TPSA) is 52.6 Å². The number of benzene rings is 1. The standard InChI is InChI=1S/C17H24O4/c1-6-17(15(18)20-12(2)3,16(19)21-13(4)5)14-10-8-7-9-11-14/h7-13H,6H2,1-5H3. The second-order valence-electron chi connectivity index (χ2n) is 5.53. The van der Waals surface area contributed by atoms with Gasteiger partial charge < -0.3 is 9.47 Å². The Bertz CT molecular complexity index is 455. The molecule has 0 aliphatic heterocycles. The van der Waals surface area contributed by atoms with Crippen molar-refractivity contribution in [3.8, 4) is 0 Å². The molecule has 0 amide bonds. The van der Waals surface area contributed by atoms with E-state index >= 15 is 0 Å². The first-order chi connectivity index (χ1) is 9.84. The van der Waals surface area contributed by atoms with E-state index in [4.69, 9.17) is 9.47 Å². The van der Waals surface area contributed by atoms with Crippen LogP contribution in [-0.4, -0.2) is 24.1 Å². The highest BCUT2D eigenvalue weighted by Crippen LogP contribution is 2.32. The maximum absolute atomic E-state index is 12.6. The summed E-state index contributed by atoms with van der Waals surface area (Å²) in [5.41, 5.74) is -0.806. The molecule has 1 rings (SSSR count). The van der Waals surface area contributed by atoms with Crippen molar-refractivity contribution in [2.75, 3.05) is 0 Å². The van der Waals surface area contributed by atoms with Crippen molar-refractivity contribution < 1.29 is 19.1 Å². The van der Waals surface area contributed by atoms with Gasteiger partial charge in [0.1, 0.15) is 0 Å². The Hall–Kier alpha value is -1.84. The zero-order valence-electron chi connectivity index (χ0n) is 13.4. The van der Waals surface area contributed by atoms with Crippen molar-refractivity contribution in [1.82, 2.24) is 0 Å². The Balaban J connectivity index is 3.31. The van der Waals surface area contributed by atoms with Gasteiger partial charge in [0.15, 0.2) is 5.41 Å². The zero-order chi connectivity index (χ0) is 16.0. The third-order valence-electron chi connectivity index (χ3n) is 3.18. The lowest BCUT2D eigenvalue weighted by atomic mass is 9.78. The Morgan fingerprint density at radius 1 is 0.952 bits per heavy atom. The lowest BCUT2D eigenvalue weighted by Crippen LogP contribution is -2.47. The second-order valence-corrected chi connectivity index (χ2v) is 5.53. The molecular formula is C17H24O4. The number of hydrogen-bond donors (Lipinski definition) is 0. The Kier molecular flexibility index (Phi) is 5.94. The molecule has 0 heterocycles. The third kappa shape index (κ3) is 3.84. The predicted octanol–water partition coefficient (Wildman–Crippen LogP) is 3.24. The summed E-state index contributed by atoms with van der Waals surface area (Å²) in [6.07, 6.45) is -0.299. The van der Waals surface area contributed by atoms with E-state index in [1.54, 1.807) is 58.9 Å². The number of carbonyl (C=O) groups is 2. The fraction of sp³-hybridized carbons (Fsp3) is 0.529. The van der Waals surface area contributed by atoms with Crippen LogP contribution in [0.15, 0.2) is 30.3 Å². The fourth-order valence-corrected chi connectivity index (χ4v) is 2.16. The molecule has 0 aromatic heterocycles. The van der Waals surface area contributed by atoms with Crippen molar-refractivity contribution in [2.24, 2.45) is 0 Å². The van der Waals surface area contributed by atoms with E-state index in [1.807, 2.05) is 6.07 Å². The number of carbonyl (C=O) groups excluding carboxylic acids is 2. The first-order valence-electron chi connectivity index (χ1n) is 7.32. The van der Waals surface area contributed by atoms with E-state index in [1.165, 1.54) is 0 Å². The van der Waals surface area contributed by atoms with Gasteiger partial charge in [-0.1, -0.05) is 37.3 Å². The summed E-state index contributed by atoms with van der Waals surface area (Å²) in [5, 5.41) is 0. The van der Waals surface area contributed by atoms with Gasteiger partial charge in [-0.25, -0.2) is 0 Å². The molecule has 4 heteroatoms. The van der Waals surface area contributed by atoms with Crippen molar-refractivity contribution in [3.63, 3.8) is 0 Å². The summed E-state index contributed by atoms with van der Waals surface area (Å²) < 4.78 is 10.6. The monoisotopic (exact) mass is 292 g/mol. The number of hydrogen-bond acceptors (Lipinski definition) is 4. The molecule has 0 aliphatic carbocycles. The van der Waals surface area contributed by atoms with Crippen LogP contribution in [0.5, 0.6) is 0 Å². The second kappa shape index (κ2) is 7.25. The molecule has 1 aromatic carbocycles. The van der Waals surface area contributed by atoms with Crippen LogP contribution in [0, 0.1) is 0 Å². The summed E-state index contributed by atoms with van der Waals surface area (Å²) in [6.45, 7) is 8.83. The minimum absolute atomic E-state index is 0.286. The van der Waals surface area contributed by atoms with Gasteiger partial charge in [-0.05, 0) is 39.7 Å². The summed E-state index contributed by atoms with van der Waals surface area (Å²) in [6, 6.07) is 8.95. The van der Waals surface area contributed by atoms with Gasteiger partial charge in [-0.2, -0.15) is 0 Å². The van der Waals surface area contributed by atoms with E-state index in [2.05, 4.69) is 0 Å². The van der Waals surface area contributed by atoms with Crippen LogP contribution in [0.25, 0.3) is 0 Å². The molecule has 0 fully saturated rings. The van der Waals surface area contributed by atoms with Gasteiger partial charge >= 0.3 is 11.9 Å². The third-order valence-corrected chi connectivity index (χ3v) is 3.18. The SMILES string of the molecule is CCC(C(=O)OC(C)C)(C(=O)OC(C)C)c1ccccc1. The molecule has 0 radical (unpaired) electrons. The van der Waals surface area contributed by atoms with E-state index in [0.29, 0.717) is 5.56 Å². The van der Waals surface area contributed by atoms with Crippen LogP contribution in [0.3, 0.4) is 0 Å². The van der Waals surface area contributed by atoms with Crippen LogP contribution >= 0.6 is 0 Å². The predicted molar refractivity (Wildman–Crippen MR) is 80.9 cm³/mol. The van der Waals surface area contributed by atoms with Crippen LogP contribution < -0.4 is 0 Å². The molecule has 0 N–H and O–H groups in total. The van der Waals surface area contributed by atoms with Gasteiger partial charge in [0.2, 0.25) is 0 Å². The molecule has 4 nitrogen and oxygen atoms in total. The highest BCUT2D eigenvalue weighted by Gasteiger charge is 2.49. The minimum Gasteiger partial charge on any atom is -0.462 e. The highest BCUT2D eigenvalue weighted by molar-refractivity contribution is 6.06. The minimum atomic E-state index is -1.41. The molecule has 1 aromatic rings. The van der Waals surface area contributed by atoms with E-state index in [0.717, 1.165) is 0 Å². The summed E-state index contributed by atoms with van der Waals surface area (Å²) in [5.74, 6) is -1.12. The van der Waals surface area contributed by atoms with Gasteiger partial charge in [-0.3, -0.25) is 9.59 Å². The Morgan fingerprint density at radius 2 is 1.38 bits per heavy atom. The van der Waals surface area contributed by atoms with E-state index in [-0.39, 0.29) is 18.6 Å². The van der Waals surface area contributed by atoms with Crippen molar-refractivity contribution >= 4 is 11.9 Å². The number of rotatable bonds is 6. The normalized spacial score (nSPS) is 11.6. The Labute approximate surface area is 126 Å². The molecule has 0 saturated carbocycles. The molecule has 0 saturated heterocycles. The largest absolute Gasteiger partial charge is 0.462 e. The van der Waals surface area contributed by atoms with Gasteiger partial charge in [0.05, 0.1) is 12.2 Å². The van der Waals surface area contributed by atoms with Crippen molar-refractivity contribution in [3.05, 3.63) is 35.9 Å². The van der Waals surface area contributed by atoms with E-state index < -0.39 is 17.4 Å². The first kappa shape index (κ1) is 17.2. The quantitative estimate of drug-likeness (QED) is 0.596. The summed E-state index contributed by atoms with van der Waals surface area (Å²) in [4.78, 5) is 25.2. The summed E-state index contributed by atoms with van der Waals surface area (Å²) in [7, 11) is 0. The van der Waals surface area contributed by atoms with Crippen LogP contribution in [-0.2, 0) is 24.5 Å². The van der Waals surface area contributed by atoms with E-state index in [9.17, 15) is 9.59 Å². The highest BCUT2D eigenvalue weighted by atomic mass is 16.6. The van der Waals surface area contributed by atoms with Crippen LogP contribution in [0.4, 0.5) is 0 Å². The average Bonchev–Trinajstić information content (AvgIpc) is 2.39. The van der Waals surface area contributed by atoms with Gasteiger partial charge in [-0.15, -0.1) is 0 Å². The molecule has 0 unspecified atom stereocenters. The molecule has 0 spiro atoms. The van der Waals surface area contributed by atoms with Crippen LogP contribution in [0.1, 0.15) is 46.6 Å². The van der Waals surface area contributed by atoms with Crippen molar-refractivity contribution in [2.45, 2.75) is 58.7 Å². The fourth-order valence-electron chi connectivity index (χ4n) is 2.16. The molecule has 0 atom stereocenters. The smallest absolute Gasteiger partial charge is 0.328 e. The molecule has 116 valence electrons. The van der Waals surface area contributed by atoms with Gasteiger partial charge in [0, 0.05) is 0 Å².